The van der Waals surface area contributed by atoms with Crippen molar-refractivity contribution in [2.75, 3.05) is 19.0 Å². The zero-order valence-corrected chi connectivity index (χ0v) is 18.2. The number of aryl methyl sites for hydroxylation is 1. The largest absolute Gasteiger partial charge is 0.378 e. The molecule has 0 saturated carbocycles. The lowest BCUT2D eigenvalue weighted by molar-refractivity contribution is 0.226. The van der Waals surface area contributed by atoms with Crippen LogP contribution in [0.1, 0.15) is 17.4 Å². The molecule has 0 fully saturated rings. The number of ether oxygens (including phenoxy) is 1. The van der Waals surface area contributed by atoms with Gasteiger partial charge in [-0.15, -0.1) is 0 Å². The van der Waals surface area contributed by atoms with Crippen molar-refractivity contribution in [1.82, 2.24) is 19.3 Å². The van der Waals surface area contributed by atoms with Gasteiger partial charge in [0.25, 0.3) is 0 Å². The maximum Gasteiger partial charge on any atom is 0.141 e. The number of halogens is 3. The summed E-state index contributed by atoms with van der Waals surface area (Å²) >= 11 is 12.5. The van der Waals surface area contributed by atoms with Gasteiger partial charge in [-0.3, -0.25) is 0 Å². The van der Waals surface area contributed by atoms with Crippen LogP contribution in [0.25, 0.3) is 16.6 Å². The van der Waals surface area contributed by atoms with Gasteiger partial charge in [0, 0.05) is 31.9 Å². The first-order chi connectivity index (χ1) is 15.0. The van der Waals surface area contributed by atoms with Crippen LogP contribution in [-0.2, 0) is 11.8 Å². The average molecular weight is 458 g/mol. The summed E-state index contributed by atoms with van der Waals surface area (Å²) in [5, 5.41) is 8.87. The zero-order chi connectivity index (χ0) is 21.7. The van der Waals surface area contributed by atoms with Gasteiger partial charge < -0.3 is 14.6 Å². The summed E-state index contributed by atoms with van der Waals surface area (Å²) in [6, 6.07) is 11.6. The van der Waals surface area contributed by atoms with Crippen LogP contribution in [0.15, 0.2) is 54.4 Å². The van der Waals surface area contributed by atoms with Crippen LogP contribution in [-0.4, -0.2) is 33.0 Å². The van der Waals surface area contributed by atoms with E-state index in [1.807, 2.05) is 34.5 Å². The van der Waals surface area contributed by atoms with Gasteiger partial charge in [-0.2, -0.15) is 5.10 Å². The van der Waals surface area contributed by atoms with Crippen molar-refractivity contribution in [3.05, 3.63) is 81.6 Å². The Labute approximate surface area is 187 Å². The van der Waals surface area contributed by atoms with Crippen LogP contribution in [0, 0.1) is 5.82 Å². The highest BCUT2D eigenvalue weighted by molar-refractivity contribution is 6.42. The van der Waals surface area contributed by atoms with E-state index >= 15 is 0 Å². The number of benzene rings is 2. The lowest BCUT2D eigenvalue weighted by Crippen LogP contribution is -2.27. The Bertz CT molecular complexity index is 1340. The Morgan fingerprint density at radius 1 is 1.13 bits per heavy atom. The molecule has 1 aliphatic rings. The molecule has 0 radical (unpaired) electrons. The van der Waals surface area contributed by atoms with Crippen molar-refractivity contribution in [2.45, 2.75) is 6.04 Å². The molecule has 158 valence electrons. The molecule has 0 aliphatic carbocycles. The molecule has 0 saturated heterocycles. The number of nitrogens with one attached hydrogen (secondary N) is 1. The number of hydrogen-bond acceptors (Lipinski definition) is 4. The molecule has 4 aromatic rings. The van der Waals surface area contributed by atoms with Gasteiger partial charge in [0.15, 0.2) is 0 Å². The van der Waals surface area contributed by atoms with E-state index < -0.39 is 0 Å². The summed E-state index contributed by atoms with van der Waals surface area (Å²) in [5.41, 5.74) is 3.98. The van der Waals surface area contributed by atoms with E-state index in [2.05, 4.69) is 10.4 Å². The maximum atomic E-state index is 13.9. The Hall–Kier alpha value is -2.87. The van der Waals surface area contributed by atoms with E-state index in [0.717, 1.165) is 28.2 Å². The minimum Gasteiger partial charge on any atom is -0.378 e. The fourth-order valence-corrected chi connectivity index (χ4v) is 4.35. The SMILES string of the molecule is COCC1=C(c2nc3cc(F)ccc3n2C)C(c2ccc(Cl)c(Cl)c2)n2nccc2N1. The van der Waals surface area contributed by atoms with E-state index in [9.17, 15) is 4.39 Å². The van der Waals surface area contributed by atoms with Gasteiger partial charge >= 0.3 is 0 Å². The van der Waals surface area contributed by atoms with E-state index in [1.54, 1.807) is 25.4 Å². The highest BCUT2D eigenvalue weighted by Crippen LogP contribution is 2.42. The lowest BCUT2D eigenvalue weighted by Gasteiger charge is -2.31. The molecule has 9 heteroatoms. The minimum absolute atomic E-state index is 0.329. The molecule has 0 amide bonds. The van der Waals surface area contributed by atoms with Crippen molar-refractivity contribution >= 4 is 45.6 Å². The van der Waals surface area contributed by atoms with E-state index in [-0.39, 0.29) is 11.9 Å². The first-order valence-electron chi connectivity index (χ1n) is 9.57. The van der Waals surface area contributed by atoms with E-state index in [4.69, 9.17) is 32.9 Å². The van der Waals surface area contributed by atoms with Gasteiger partial charge in [-0.05, 0) is 29.8 Å². The third-order valence-corrected chi connectivity index (χ3v) is 6.16. The van der Waals surface area contributed by atoms with Crippen LogP contribution >= 0.6 is 23.2 Å². The molecule has 0 bridgehead atoms. The van der Waals surface area contributed by atoms with Crippen LogP contribution in [0.2, 0.25) is 10.0 Å². The molecule has 1 unspecified atom stereocenters. The van der Waals surface area contributed by atoms with Crippen LogP contribution in [0.5, 0.6) is 0 Å². The molecule has 5 rings (SSSR count). The Kier molecular flexibility index (Phi) is 4.97. The van der Waals surface area contributed by atoms with Crippen molar-refractivity contribution in [2.24, 2.45) is 7.05 Å². The number of methoxy groups -OCH3 is 1. The van der Waals surface area contributed by atoms with Crippen molar-refractivity contribution in [1.29, 1.82) is 0 Å². The maximum absolute atomic E-state index is 13.9. The smallest absolute Gasteiger partial charge is 0.141 e. The van der Waals surface area contributed by atoms with Crippen LogP contribution < -0.4 is 5.32 Å². The number of nitrogens with zero attached hydrogens (tertiary/aromatic N) is 4. The predicted molar refractivity (Wildman–Crippen MR) is 120 cm³/mol. The first kappa shape index (κ1) is 20.1. The summed E-state index contributed by atoms with van der Waals surface area (Å²) in [4.78, 5) is 4.77. The van der Waals surface area contributed by atoms with Crippen LogP contribution in [0.3, 0.4) is 0 Å². The lowest BCUT2D eigenvalue weighted by atomic mass is 9.94. The molecule has 6 nitrogen and oxygen atoms in total. The molecule has 1 N–H and O–H groups in total. The van der Waals surface area contributed by atoms with E-state index in [0.29, 0.717) is 28.0 Å². The number of anilines is 1. The number of fused-ring (bicyclic) bond motifs is 2. The molecule has 0 spiro atoms. The third-order valence-electron chi connectivity index (χ3n) is 5.42. The predicted octanol–water partition coefficient (Wildman–Crippen LogP) is 5.29. The Balaban J connectivity index is 1.80. The fraction of sp³-hybridized carbons (Fsp3) is 0.182. The number of hydrogen-bond donors (Lipinski definition) is 1. The third kappa shape index (κ3) is 3.29. The van der Waals surface area contributed by atoms with Gasteiger partial charge in [-0.1, -0.05) is 29.3 Å². The minimum atomic E-state index is -0.341. The second-order valence-electron chi connectivity index (χ2n) is 7.31. The average Bonchev–Trinajstić information content (AvgIpc) is 3.33. The molecular weight excluding hydrogens is 440 g/mol. The number of aromatic nitrogens is 4. The molecule has 1 atom stereocenters. The number of allylic oxidation sites excluding steroid dienone is 1. The Morgan fingerprint density at radius 2 is 1.97 bits per heavy atom. The normalized spacial score (nSPS) is 16.0. The van der Waals surface area contributed by atoms with Crippen molar-refractivity contribution in [3.63, 3.8) is 0 Å². The molecule has 31 heavy (non-hydrogen) atoms. The van der Waals surface area contributed by atoms with E-state index in [1.165, 1.54) is 12.1 Å². The summed E-state index contributed by atoms with van der Waals surface area (Å²) in [6.07, 6.45) is 1.73. The fourth-order valence-electron chi connectivity index (χ4n) is 4.05. The highest BCUT2D eigenvalue weighted by Gasteiger charge is 2.33. The standard InChI is InChI=1S/C22H18Cl2FN5O/c1-29-18-6-4-13(25)10-16(18)28-22(29)20-17(11-31-2)27-19-7-8-26-30(19)21(20)12-3-5-14(23)15(24)9-12/h3-10,21,27H,11H2,1-2H3. The van der Waals surface area contributed by atoms with Gasteiger partial charge in [0.05, 0.1) is 39.6 Å². The second-order valence-corrected chi connectivity index (χ2v) is 8.13. The molecule has 2 aromatic carbocycles. The molecular formula is C22H18Cl2FN5O. The van der Waals surface area contributed by atoms with Crippen molar-refractivity contribution in [3.8, 4) is 0 Å². The second kappa shape index (κ2) is 7.67. The monoisotopic (exact) mass is 457 g/mol. The summed E-state index contributed by atoms with van der Waals surface area (Å²) in [5.74, 6) is 1.16. The quantitative estimate of drug-likeness (QED) is 0.452. The topological polar surface area (TPSA) is 56.9 Å². The van der Waals surface area contributed by atoms with Crippen molar-refractivity contribution < 1.29 is 9.13 Å². The first-order valence-corrected chi connectivity index (χ1v) is 10.3. The van der Waals surface area contributed by atoms with Crippen LogP contribution in [0.4, 0.5) is 10.2 Å². The summed E-state index contributed by atoms with van der Waals surface area (Å²) < 4.78 is 23.2. The zero-order valence-electron chi connectivity index (χ0n) is 16.7. The van der Waals surface area contributed by atoms with Gasteiger partial charge in [0.2, 0.25) is 0 Å². The number of imidazole rings is 1. The summed E-state index contributed by atoms with van der Waals surface area (Å²) in [7, 11) is 3.54. The van der Waals surface area contributed by atoms with Gasteiger partial charge in [-0.25, -0.2) is 14.1 Å². The highest BCUT2D eigenvalue weighted by atomic mass is 35.5. The summed E-state index contributed by atoms with van der Waals surface area (Å²) in [6.45, 7) is 0.329. The number of rotatable bonds is 4. The molecule has 1 aliphatic heterocycles. The Morgan fingerprint density at radius 3 is 2.74 bits per heavy atom. The molecule has 2 aromatic heterocycles. The molecule has 3 heterocycles. The van der Waals surface area contributed by atoms with Gasteiger partial charge in [0.1, 0.15) is 23.5 Å².